The Balaban J connectivity index is 0.00000196. The number of pyridine rings is 1. The number of amides is 1. The van der Waals surface area contributed by atoms with Gasteiger partial charge in [-0.1, -0.05) is 23.8 Å². The molecule has 1 aliphatic heterocycles. The molecule has 0 spiro atoms. The summed E-state index contributed by atoms with van der Waals surface area (Å²) in [7, 11) is 0. The fourth-order valence-electron chi connectivity index (χ4n) is 3.39. The number of nitrogens with zero attached hydrogens (tertiary/aromatic N) is 2. The van der Waals surface area contributed by atoms with Gasteiger partial charge >= 0.3 is 6.09 Å². The van der Waals surface area contributed by atoms with Crippen molar-refractivity contribution in [3.8, 4) is 11.1 Å². The molecule has 4 rings (SSSR count). The van der Waals surface area contributed by atoms with E-state index in [0.717, 1.165) is 33.3 Å². The largest absolute Gasteiger partial charge is 0.436 e. The summed E-state index contributed by atoms with van der Waals surface area (Å²) >= 11 is 0. The maximum Gasteiger partial charge on any atom is 0.408 e. The normalized spacial score (nSPS) is 19.6. The third-order valence-electron chi connectivity index (χ3n) is 4.55. The Kier molecular flexibility index (Phi) is 3.53. The summed E-state index contributed by atoms with van der Waals surface area (Å²) in [4.78, 5) is 16.0. The van der Waals surface area contributed by atoms with Crippen LogP contribution >= 0.6 is 0 Å². The van der Waals surface area contributed by atoms with Crippen LogP contribution < -0.4 is 5.32 Å². The Hall–Kier alpha value is -3.15. The molecule has 1 amide bonds. The lowest BCUT2D eigenvalue weighted by molar-refractivity contribution is 0.0570. The Labute approximate surface area is 146 Å². The van der Waals surface area contributed by atoms with E-state index in [-0.39, 0.29) is 1.43 Å². The molecule has 0 bridgehead atoms. The van der Waals surface area contributed by atoms with Crippen LogP contribution in [0.2, 0.25) is 0 Å². The molecule has 2 aromatic heterocycles. The van der Waals surface area contributed by atoms with Crippen molar-refractivity contribution in [1.29, 1.82) is 0 Å². The van der Waals surface area contributed by atoms with E-state index >= 15 is 0 Å². The number of fused-ring (bicyclic) bond motifs is 1. The molecule has 3 heterocycles. The second kappa shape index (κ2) is 5.73. The molecule has 1 fully saturated rings. The minimum Gasteiger partial charge on any atom is -0.436 e. The molecule has 1 aromatic carbocycles. The quantitative estimate of drug-likeness (QED) is 0.712. The van der Waals surface area contributed by atoms with Gasteiger partial charge in [0.1, 0.15) is 0 Å². The number of hydrogen-bond donors (Lipinski definition) is 2. The van der Waals surface area contributed by atoms with Crippen molar-refractivity contribution in [2.24, 2.45) is 0 Å². The van der Waals surface area contributed by atoms with E-state index < -0.39 is 11.7 Å². The van der Waals surface area contributed by atoms with Crippen LogP contribution in [0.15, 0.2) is 49.3 Å². The highest BCUT2D eigenvalue weighted by atomic mass is 16.6. The molecule has 6 nitrogen and oxygen atoms in total. The van der Waals surface area contributed by atoms with Crippen LogP contribution in [0.1, 0.15) is 19.0 Å². The summed E-state index contributed by atoms with van der Waals surface area (Å²) in [5, 5.41) is 10.7. The second-order valence-corrected chi connectivity index (χ2v) is 6.31. The summed E-state index contributed by atoms with van der Waals surface area (Å²) < 4.78 is 5.64. The smallest absolute Gasteiger partial charge is 0.408 e. The first-order valence-electron chi connectivity index (χ1n) is 8.10. The van der Waals surface area contributed by atoms with Crippen LogP contribution in [0.3, 0.4) is 0 Å². The second-order valence-electron chi connectivity index (χ2n) is 6.31. The number of aryl methyl sites for hydroxylation is 1. The first-order valence-corrected chi connectivity index (χ1v) is 8.10. The van der Waals surface area contributed by atoms with Gasteiger partial charge in [-0.15, -0.1) is 6.58 Å². The zero-order valence-electron chi connectivity index (χ0n) is 13.9. The molecule has 25 heavy (non-hydrogen) atoms. The molecular formula is C19H20N4O2. The summed E-state index contributed by atoms with van der Waals surface area (Å²) in [5.74, 6) is 0. The van der Waals surface area contributed by atoms with Crippen LogP contribution in [-0.2, 0) is 10.3 Å². The number of ether oxygens (including phenoxy) is 1. The number of hydrogen-bond acceptors (Lipinski definition) is 4. The van der Waals surface area contributed by atoms with Crippen LogP contribution in [-0.4, -0.2) is 27.8 Å². The summed E-state index contributed by atoms with van der Waals surface area (Å²) in [6.45, 7) is 6.28. The first-order chi connectivity index (χ1) is 12.1. The van der Waals surface area contributed by atoms with E-state index in [1.807, 2.05) is 13.0 Å². The monoisotopic (exact) mass is 336 g/mol. The highest BCUT2D eigenvalue weighted by molar-refractivity contribution is 5.92. The molecule has 0 radical (unpaired) electrons. The van der Waals surface area contributed by atoms with Crippen molar-refractivity contribution in [2.75, 3.05) is 6.54 Å². The van der Waals surface area contributed by atoms with Gasteiger partial charge in [-0.05, 0) is 35.7 Å². The predicted molar refractivity (Wildman–Crippen MR) is 97.2 cm³/mol. The van der Waals surface area contributed by atoms with E-state index in [4.69, 9.17) is 4.74 Å². The fraction of sp³-hybridized carbons (Fsp3) is 0.211. The van der Waals surface area contributed by atoms with Gasteiger partial charge in [-0.3, -0.25) is 5.10 Å². The number of aromatic nitrogens is 3. The molecule has 128 valence electrons. The van der Waals surface area contributed by atoms with Crippen LogP contribution in [0.25, 0.3) is 22.2 Å². The Morgan fingerprint density at radius 3 is 3.08 bits per heavy atom. The lowest BCUT2D eigenvalue weighted by Crippen LogP contribution is -2.30. The zero-order chi connectivity index (χ0) is 17.4. The lowest BCUT2D eigenvalue weighted by Gasteiger charge is -2.26. The van der Waals surface area contributed by atoms with E-state index in [1.54, 1.807) is 18.5 Å². The number of rotatable bonds is 4. The number of cyclic esters (lactones) is 1. The van der Waals surface area contributed by atoms with E-state index in [2.05, 4.69) is 45.3 Å². The molecular weight excluding hydrogens is 316 g/mol. The number of aromatic amines is 1. The molecule has 6 heteroatoms. The van der Waals surface area contributed by atoms with Crippen LogP contribution in [0.5, 0.6) is 0 Å². The average molecular weight is 336 g/mol. The lowest BCUT2D eigenvalue weighted by atomic mass is 9.87. The molecule has 2 N–H and O–H groups in total. The number of carbonyl (C=O) groups excluding carboxylic acids is 1. The van der Waals surface area contributed by atoms with Crippen molar-refractivity contribution in [3.63, 3.8) is 0 Å². The highest BCUT2D eigenvalue weighted by Crippen LogP contribution is 2.37. The number of nitrogens with one attached hydrogen (secondary N) is 2. The minimum atomic E-state index is -0.720. The zero-order valence-corrected chi connectivity index (χ0v) is 13.9. The summed E-state index contributed by atoms with van der Waals surface area (Å²) in [6.07, 6.45) is 5.46. The van der Waals surface area contributed by atoms with Crippen LogP contribution in [0, 0.1) is 6.92 Å². The molecule has 1 saturated heterocycles. The molecule has 0 saturated carbocycles. The Bertz CT molecular complexity index is 985. The third kappa shape index (κ3) is 2.55. The third-order valence-corrected chi connectivity index (χ3v) is 4.55. The van der Waals surface area contributed by atoms with Gasteiger partial charge in [0.25, 0.3) is 0 Å². The van der Waals surface area contributed by atoms with E-state index in [1.165, 1.54) is 0 Å². The number of alkyl carbamates (subject to hydrolysis) is 1. The molecule has 0 aliphatic carbocycles. The fourth-order valence-corrected chi connectivity index (χ4v) is 3.39. The average Bonchev–Trinajstić information content (AvgIpc) is 3.21. The number of H-pyrrole nitrogens is 1. The Morgan fingerprint density at radius 1 is 1.44 bits per heavy atom. The van der Waals surface area contributed by atoms with Crippen molar-refractivity contribution in [3.05, 3.63) is 60.4 Å². The van der Waals surface area contributed by atoms with E-state index in [0.29, 0.717) is 13.0 Å². The predicted octanol–water partition coefficient (Wildman–Crippen LogP) is 3.69. The minimum absolute atomic E-state index is 0. The van der Waals surface area contributed by atoms with Gasteiger partial charge in [0.2, 0.25) is 0 Å². The van der Waals surface area contributed by atoms with Crippen LogP contribution in [0.4, 0.5) is 4.79 Å². The van der Waals surface area contributed by atoms with Gasteiger partial charge in [0.05, 0.1) is 12.7 Å². The van der Waals surface area contributed by atoms with Gasteiger partial charge in [0.15, 0.2) is 11.2 Å². The number of carbonyl (C=O) groups is 1. The summed E-state index contributed by atoms with van der Waals surface area (Å²) in [6, 6.07) is 8.20. The molecule has 1 unspecified atom stereocenters. The van der Waals surface area contributed by atoms with Crippen molar-refractivity contribution >= 4 is 17.1 Å². The Morgan fingerprint density at radius 2 is 2.32 bits per heavy atom. The SMILES string of the molecule is C=CCC1(c2cc(C)cc(-c3ccnc4[nH]ncc34)c2)CNC(=O)O1.[HH]. The van der Waals surface area contributed by atoms with Gasteiger partial charge in [-0.25, -0.2) is 9.78 Å². The topological polar surface area (TPSA) is 79.9 Å². The molecule has 1 aliphatic rings. The van der Waals surface area contributed by atoms with Crippen molar-refractivity contribution < 1.29 is 11.0 Å². The summed E-state index contributed by atoms with van der Waals surface area (Å²) in [5.41, 5.74) is 4.14. The van der Waals surface area contributed by atoms with Gasteiger partial charge in [0, 0.05) is 19.4 Å². The van der Waals surface area contributed by atoms with Crippen molar-refractivity contribution in [1.82, 2.24) is 20.5 Å². The van der Waals surface area contributed by atoms with Crippen molar-refractivity contribution in [2.45, 2.75) is 18.9 Å². The first kappa shape index (κ1) is 15.4. The van der Waals surface area contributed by atoms with E-state index in [9.17, 15) is 4.79 Å². The maximum atomic E-state index is 11.7. The maximum absolute atomic E-state index is 11.7. The van der Waals surface area contributed by atoms with Gasteiger partial charge in [-0.2, -0.15) is 5.10 Å². The molecule has 3 aromatic rings. The van der Waals surface area contributed by atoms with Gasteiger partial charge < -0.3 is 10.1 Å². The highest BCUT2D eigenvalue weighted by Gasteiger charge is 2.41. The molecule has 1 atom stereocenters. The standard InChI is InChI=1S/C19H18N4O2.H2/c1-3-5-19(11-21-18(24)25-19)14-8-12(2)7-13(9-14)15-4-6-20-17-16(15)10-22-23-17;/h3-4,6-10H,1,5,11H2,2H3,(H,21,24)(H,20,22,23);1H. The number of benzene rings is 1.